The van der Waals surface area contributed by atoms with Gasteiger partial charge in [-0.15, -0.1) is 0 Å². The van der Waals surface area contributed by atoms with Crippen LogP contribution in [0.25, 0.3) is 0 Å². The van der Waals surface area contributed by atoms with E-state index in [1.165, 1.54) is 11.8 Å². The molecule has 15 heavy (non-hydrogen) atoms. The number of thioether (sulfide) groups is 1. The molecule has 2 unspecified atom stereocenters. The van der Waals surface area contributed by atoms with Gasteiger partial charge in [-0.2, -0.15) is 5.26 Å². The summed E-state index contributed by atoms with van der Waals surface area (Å²) in [7, 11) is 0. The van der Waals surface area contributed by atoms with Crippen molar-refractivity contribution in [2.45, 2.75) is 25.9 Å². The van der Waals surface area contributed by atoms with Crippen molar-refractivity contribution in [2.24, 2.45) is 10.9 Å². The number of ether oxygens (including phenoxy) is 1. The van der Waals surface area contributed by atoms with Gasteiger partial charge >= 0.3 is 0 Å². The quantitative estimate of drug-likeness (QED) is 0.344. The average molecular weight is 227 g/mol. The molecule has 0 saturated carbocycles. The standard InChI is InChI=1S/C10H17N3OS/c1-3-9-8(4-5-14-9)6-12-10(15-2)13-7-11/h8-9H,3-6H2,1-2H3,(H,12,13). The van der Waals surface area contributed by atoms with Crippen molar-refractivity contribution in [2.75, 3.05) is 19.4 Å². The zero-order valence-electron chi connectivity index (χ0n) is 9.19. The fourth-order valence-electron chi connectivity index (χ4n) is 1.76. The third-order valence-electron chi connectivity index (χ3n) is 2.57. The van der Waals surface area contributed by atoms with Crippen LogP contribution in [0.3, 0.4) is 0 Å². The predicted octanol–water partition coefficient (Wildman–Crippen LogP) is 1.59. The predicted molar refractivity (Wildman–Crippen MR) is 62.7 cm³/mol. The highest BCUT2D eigenvalue weighted by molar-refractivity contribution is 8.13. The number of nitriles is 1. The van der Waals surface area contributed by atoms with Gasteiger partial charge in [-0.1, -0.05) is 18.7 Å². The Balaban J connectivity index is 2.43. The number of rotatable bonds is 3. The molecule has 4 nitrogen and oxygen atoms in total. The van der Waals surface area contributed by atoms with E-state index in [2.05, 4.69) is 17.2 Å². The second-order valence-corrected chi connectivity index (χ2v) is 4.25. The maximum Gasteiger partial charge on any atom is 0.183 e. The molecule has 84 valence electrons. The number of hydrogen-bond donors (Lipinski definition) is 1. The molecule has 0 spiro atoms. The summed E-state index contributed by atoms with van der Waals surface area (Å²) in [6.45, 7) is 3.73. The number of hydrogen-bond acceptors (Lipinski definition) is 4. The Labute approximate surface area is 95.1 Å². The van der Waals surface area contributed by atoms with Crippen LogP contribution >= 0.6 is 11.8 Å². The molecule has 0 aromatic carbocycles. The van der Waals surface area contributed by atoms with E-state index in [0.29, 0.717) is 17.2 Å². The molecule has 0 aliphatic carbocycles. The van der Waals surface area contributed by atoms with Gasteiger partial charge in [-0.05, 0) is 19.1 Å². The Hall–Kier alpha value is -0.730. The van der Waals surface area contributed by atoms with E-state index in [1.54, 1.807) is 0 Å². The first-order chi connectivity index (χ1) is 7.31. The summed E-state index contributed by atoms with van der Waals surface area (Å²) in [4.78, 5) is 4.38. The van der Waals surface area contributed by atoms with Gasteiger partial charge in [-0.25, -0.2) is 0 Å². The summed E-state index contributed by atoms with van der Waals surface area (Å²) in [6.07, 6.45) is 6.26. The molecular formula is C10H17N3OS. The van der Waals surface area contributed by atoms with Crippen LogP contribution in [0.1, 0.15) is 19.8 Å². The lowest BCUT2D eigenvalue weighted by molar-refractivity contribution is 0.0893. The fourth-order valence-corrected chi connectivity index (χ4v) is 2.11. The van der Waals surface area contributed by atoms with Gasteiger partial charge in [0.25, 0.3) is 0 Å². The van der Waals surface area contributed by atoms with E-state index in [1.807, 2.05) is 12.4 Å². The van der Waals surface area contributed by atoms with Crippen molar-refractivity contribution in [3.8, 4) is 6.19 Å². The van der Waals surface area contributed by atoms with Crippen LogP contribution < -0.4 is 5.32 Å². The highest BCUT2D eigenvalue weighted by Gasteiger charge is 2.26. The van der Waals surface area contributed by atoms with Crippen LogP contribution in [0.4, 0.5) is 0 Å². The second kappa shape index (κ2) is 6.70. The van der Waals surface area contributed by atoms with Crippen LogP contribution in [0, 0.1) is 17.4 Å². The third kappa shape index (κ3) is 3.73. The lowest BCUT2D eigenvalue weighted by Gasteiger charge is -2.14. The summed E-state index contributed by atoms with van der Waals surface area (Å²) in [5.41, 5.74) is 0. The smallest absolute Gasteiger partial charge is 0.183 e. The van der Waals surface area contributed by atoms with Crippen molar-refractivity contribution in [3.05, 3.63) is 0 Å². The number of aliphatic imine (C=N–C) groups is 1. The Kier molecular flexibility index (Phi) is 5.51. The number of nitrogens with one attached hydrogen (secondary N) is 1. The molecule has 0 radical (unpaired) electrons. The Bertz CT molecular complexity index is 262. The largest absolute Gasteiger partial charge is 0.378 e. The fraction of sp³-hybridized carbons (Fsp3) is 0.800. The molecule has 1 saturated heterocycles. The summed E-state index contributed by atoms with van der Waals surface area (Å²) in [5, 5.41) is 11.7. The molecule has 2 atom stereocenters. The summed E-state index contributed by atoms with van der Waals surface area (Å²) >= 11 is 1.46. The topological polar surface area (TPSA) is 57.4 Å². The van der Waals surface area contributed by atoms with Gasteiger partial charge < -0.3 is 4.74 Å². The number of nitrogens with zero attached hydrogens (tertiary/aromatic N) is 2. The molecule has 1 rings (SSSR count). The lowest BCUT2D eigenvalue weighted by atomic mass is 10.0. The summed E-state index contributed by atoms with van der Waals surface area (Å²) in [5.74, 6) is 0.512. The van der Waals surface area contributed by atoms with E-state index >= 15 is 0 Å². The zero-order chi connectivity index (χ0) is 11.1. The minimum atomic E-state index is 0.346. The van der Waals surface area contributed by atoms with Crippen LogP contribution in [0.5, 0.6) is 0 Å². The van der Waals surface area contributed by atoms with Crippen molar-refractivity contribution in [1.29, 1.82) is 5.26 Å². The second-order valence-electron chi connectivity index (χ2n) is 3.45. The molecule has 0 aromatic heterocycles. The average Bonchev–Trinajstić information content (AvgIpc) is 2.71. The molecule has 0 amide bonds. The van der Waals surface area contributed by atoms with Gasteiger partial charge in [0.1, 0.15) is 0 Å². The zero-order valence-corrected chi connectivity index (χ0v) is 10.0. The van der Waals surface area contributed by atoms with E-state index < -0.39 is 0 Å². The molecule has 1 N–H and O–H groups in total. The Morgan fingerprint density at radius 1 is 1.73 bits per heavy atom. The molecule has 0 aromatic rings. The Morgan fingerprint density at radius 2 is 2.53 bits per heavy atom. The first-order valence-electron chi connectivity index (χ1n) is 5.17. The summed E-state index contributed by atoms with van der Waals surface area (Å²) < 4.78 is 5.58. The molecule has 1 aliphatic rings. The maximum absolute atomic E-state index is 8.48. The minimum absolute atomic E-state index is 0.346. The van der Waals surface area contributed by atoms with Crippen molar-refractivity contribution in [3.63, 3.8) is 0 Å². The van der Waals surface area contributed by atoms with Crippen LogP contribution in [0.2, 0.25) is 0 Å². The van der Waals surface area contributed by atoms with Gasteiger partial charge in [-0.3, -0.25) is 10.3 Å². The van der Waals surface area contributed by atoms with Crippen molar-refractivity contribution in [1.82, 2.24) is 5.32 Å². The molecule has 1 aliphatic heterocycles. The SMILES string of the molecule is CCC1OCCC1CN=C(NC#N)SC. The van der Waals surface area contributed by atoms with Gasteiger partial charge in [0.15, 0.2) is 11.4 Å². The van der Waals surface area contributed by atoms with E-state index in [4.69, 9.17) is 10.00 Å². The summed E-state index contributed by atoms with van der Waals surface area (Å²) in [6, 6.07) is 0. The highest BCUT2D eigenvalue weighted by atomic mass is 32.2. The van der Waals surface area contributed by atoms with E-state index in [-0.39, 0.29) is 0 Å². The molecule has 0 bridgehead atoms. The van der Waals surface area contributed by atoms with Gasteiger partial charge in [0, 0.05) is 19.1 Å². The van der Waals surface area contributed by atoms with Gasteiger partial charge in [0.2, 0.25) is 0 Å². The third-order valence-corrected chi connectivity index (χ3v) is 3.19. The minimum Gasteiger partial charge on any atom is -0.378 e. The van der Waals surface area contributed by atoms with Crippen molar-refractivity contribution < 1.29 is 4.74 Å². The van der Waals surface area contributed by atoms with Crippen LogP contribution in [-0.4, -0.2) is 30.7 Å². The monoisotopic (exact) mass is 227 g/mol. The normalized spacial score (nSPS) is 26.3. The first-order valence-corrected chi connectivity index (χ1v) is 6.39. The van der Waals surface area contributed by atoms with E-state index in [9.17, 15) is 0 Å². The molecule has 1 heterocycles. The highest BCUT2D eigenvalue weighted by Crippen LogP contribution is 2.23. The van der Waals surface area contributed by atoms with Crippen molar-refractivity contribution >= 4 is 16.9 Å². The lowest BCUT2D eigenvalue weighted by Crippen LogP contribution is -2.20. The number of amidine groups is 1. The molecular weight excluding hydrogens is 210 g/mol. The van der Waals surface area contributed by atoms with Crippen LogP contribution in [0.15, 0.2) is 4.99 Å². The van der Waals surface area contributed by atoms with Crippen LogP contribution in [-0.2, 0) is 4.74 Å². The molecule has 1 fully saturated rings. The first kappa shape index (κ1) is 12.3. The Morgan fingerprint density at radius 3 is 3.13 bits per heavy atom. The van der Waals surface area contributed by atoms with E-state index in [0.717, 1.165) is 26.0 Å². The molecule has 5 heteroatoms. The van der Waals surface area contributed by atoms with Gasteiger partial charge in [0.05, 0.1) is 6.10 Å². The maximum atomic E-state index is 8.48.